The number of hydrogen-bond donors (Lipinski definition) is 2. The van der Waals surface area contributed by atoms with E-state index in [0.29, 0.717) is 25.8 Å². The van der Waals surface area contributed by atoms with Crippen molar-refractivity contribution in [1.29, 1.82) is 0 Å². The third kappa shape index (κ3) is 7.62. The maximum Gasteiger partial charge on any atom is 0.453 e. The number of unbranched alkanes of at least 4 members (excludes halogenated alkanes) is 2. The highest BCUT2D eigenvalue weighted by Gasteiger charge is 2.63. The average molecular weight is 654 g/mol. The Labute approximate surface area is 260 Å². The molecule has 11 heteroatoms. The summed E-state index contributed by atoms with van der Waals surface area (Å²) in [7, 11) is 0.528. The summed E-state index contributed by atoms with van der Waals surface area (Å²) >= 11 is 0. The van der Waals surface area contributed by atoms with Gasteiger partial charge in [-0.3, -0.25) is 4.21 Å². The third-order valence-corrected chi connectivity index (χ3v) is 12.7. The number of hydrogen-bond acceptors (Lipinski definition) is 4. The molecule has 0 aliphatic heterocycles. The van der Waals surface area contributed by atoms with Gasteiger partial charge in [-0.2, -0.15) is 22.0 Å². The van der Waals surface area contributed by atoms with Crippen LogP contribution in [0.5, 0.6) is 5.75 Å². The van der Waals surface area contributed by atoms with Crippen molar-refractivity contribution >= 4 is 10.8 Å². The van der Waals surface area contributed by atoms with Crippen LogP contribution in [0.3, 0.4) is 0 Å². The van der Waals surface area contributed by atoms with E-state index in [0.717, 1.165) is 56.2 Å². The van der Waals surface area contributed by atoms with E-state index in [4.69, 9.17) is 0 Å². The maximum absolute atomic E-state index is 16.1. The second-order valence-electron chi connectivity index (χ2n) is 14.2. The van der Waals surface area contributed by atoms with Gasteiger partial charge in [-0.1, -0.05) is 25.8 Å². The molecule has 1 unspecified atom stereocenters. The van der Waals surface area contributed by atoms with Gasteiger partial charge in [0.25, 0.3) is 0 Å². The minimum Gasteiger partial charge on any atom is -0.508 e. The highest BCUT2D eigenvalue weighted by Crippen LogP contribution is 2.66. The van der Waals surface area contributed by atoms with E-state index in [-0.39, 0.29) is 40.9 Å². The summed E-state index contributed by atoms with van der Waals surface area (Å²) in [4.78, 5) is 2.12. The van der Waals surface area contributed by atoms with Gasteiger partial charge in [-0.15, -0.1) is 0 Å². The molecule has 0 spiro atoms. The van der Waals surface area contributed by atoms with E-state index >= 15 is 4.39 Å². The number of halogens is 6. The van der Waals surface area contributed by atoms with Gasteiger partial charge in [0.1, 0.15) is 11.9 Å². The zero-order valence-corrected chi connectivity index (χ0v) is 27.0. The maximum atomic E-state index is 16.1. The molecule has 4 nitrogen and oxygen atoms in total. The highest BCUT2D eigenvalue weighted by atomic mass is 32.2. The minimum absolute atomic E-state index is 0.151. The molecule has 4 rings (SSSR count). The van der Waals surface area contributed by atoms with Gasteiger partial charge in [0.2, 0.25) is 0 Å². The van der Waals surface area contributed by atoms with Gasteiger partial charge in [-0.05, 0) is 119 Å². The number of phenols is 1. The van der Waals surface area contributed by atoms with Gasteiger partial charge in [0, 0.05) is 40.1 Å². The number of aromatic hydroxyl groups is 1. The van der Waals surface area contributed by atoms with Gasteiger partial charge < -0.3 is 15.1 Å². The lowest BCUT2D eigenvalue weighted by Crippen LogP contribution is -2.54. The Morgan fingerprint density at radius 2 is 1.70 bits per heavy atom. The fraction of sp³-hybridized carbons (Fsp3) is 0.818. The molecule has 2 saturated carbocycles. The van der Waals surface area contributed by atoms with E-state index in [1.54, 1.807) is 12.1 Å². The molecule has 3 aliphatic carbocycles. The lowest BCUT2D eigenvalue weighted by Gasteiger charge is -2.56. The van der Waals surface area contributed by atoms with Crippen molar-refractivity contribution in [2.75, 3.05) is 31.6 Å². The predicted octanol–water partition coefficient (Wildman–Crippen LogP) is 7.78. The Morgan fingerprint density at radius 3 is 2.41 bits per heavy atom. The summed E-state index contributed by atoms with van der Waals surface area (Å²) in [5.41, 5.74) is 0.720. The molecule has 0 saturated heterocycles. The number of alkyl halides is 6. The van der Waals surface area contributed by atoms with E-state index in [9.17, 15) is 36.4 Å². The van der Waals surface area contributed by atoms with Crippen LogP contribution in [0.2, 0.25) is 0 Å². The predicted molar refractivity (Wildman–Crippen MR) is 161 cm³/mol. The second-order valence-corrected chi connectivity index (χ2v) is 15.9. The Hall–Kier alpha value is -1.33. The number of aliphatic hydroxyl groups is 1. The smallest absolute Gasteiger partial charge is 0.453 e. The Morgan fingerprint density at radius 1 is 1.02 bits per heavy atom. The summed E-state index contributed by atoms with van der Waals surface area (Å²) in [5, 5.41) is 21.4. The topological polar surface area (TPSA) is 60.8 Å². The van der Waals surface area contributed by atoms with Crippen molar-refractivity contribution in [2.24, 2.45) is 23.2 Å². The number of rotatable bonds is 14. The van der Waals surface area contributed by atoms with Gasteiger partial charge >= 0.3 is 12.1 Å². The van der Waals surface area contributed by atoms with E-state index < -0.39 is 52.9 Å². The number of phenolic OH excluding ortho intramolecular Hbond substituents is 1. The molecule has 1 aromatic carbocycles. The molecule has 8 atom stereocenters. The van der Waals surface area contributed by atoms with Crippen LogP contribution >= 0.6 is 0 Å². The van der Waals surface area contributed by atoms with Crippen LogP contribution < -0.4 is 0 Å². The molecule has 0 heterocycles. The molecule has 3 aliphatic rings. The molecule has 0 bridgehead atoms. The third-order valence-electron chi connectivity index (χ3n) is 11.2. The highest BCUT2D eigenvalue weighted by molar-refractivity contribution is 7.84. The Kier molecular flexibility index (Phi) is 11.1. The summed E-state index contributed by atoms with van der Waals surface area (Å²) in [6, 6.07) is 5.36. The normalized spacial score (nSPS) is 32.8. The lowest BCUT2D eigenvalue weighted by atomic mass is 9.50. The van der Waals surface area contributed by atoms with Crippen LogP contribution in [-0.4, -0.2) is 74.8 Å². The number of fused-ring (bicyclic) bond motifs is 5. The van der Waals surface area contributed by atoms with Crippen LogP contribution in [0.15, 0.2) is 18.2 Å². The summed E-state index contributed by atoms with van der Waals surface area (Å²) in [6.07, 6.45) is -1.19. The van der Waals surface area contributed by atoms with E-state index in [1.165, 1.54) is 0 Å². The SMILES string of the molecule is CN(CCCCC[C@@H]1Cc2cc(O)ccc2[C@@H]2[C@@H]1[C@@H]1CC[C@](C)(O)[C@@]1(C)C[C@@H]2F)CCCS(=O)CCCC(F)(F)C(F)(F)F. The summed E-state index contributed by atoms with van der Waals surface area (Å²) in [6.45, 7) is 5.44. The molecule has 0 amide bonds. The number of benzene rings is 1. The standard InChI is InChI=1S/C33H49F6NO3S/c1-30-21-27(34)29-25-11-10-24(41)20-23(25)19-22(28(29)26(30)12-14-31(30,2)42)9-5-4-6-15-40(3)16-8-18-44(43)17-7-13-32(35,36)33(37,38)39/h10-11,20,22,26-29,41-42H,4-9,12-19,21H2,1-3H3/t22-,26+,27+,28+,29+,30+,31+,44?/m1/s1. The van der Waals surface area contributed by atoms with Crippen molar-refractivity contribution in [3.8, 4) is 5.75 Å². The Bertz CT molecular complexity index is 1150. The van der Waals surface area contributed by atoms with Crippen molar-refractivity contribution in [2.45, 2.75) is 114 Å². The zero-order valence-electron chi connectivity index (χ0n) is 26.2. The molecule has 2 fully saturated rings. The second kappa shape index (κ2) is 13.8. The molecule has 44 heavy (non-hydrogen) atoms. The van der Waals surface area contributed by atoms with Crippen LogP contribution in [-0.2, 0) is 17.2 Å². The zero-order chi connectivity index (χ0) is 32.5. The van der Waals surface area contributed by atoms with E-state index in [1.807, 2.05) is 20.0 Å². The first-order valence-electron chi connectivity index (χ1n) is 16.1. The first kappa shape index (κ1) is 35.5. The lowest BCUT2D eigenvalue weighted by molar-refractivity contribution is -0.284. The first-order chi connectivity index (χ1) is 20.5. The van der Waals surface area contributed by atoms with Crippen LogP contribution in [0.1, 0.15) is 95.1 Å². The molecule has 252 valence electrons. The van der Waals surface area contributed by atoms with E-state index in [2.05, 4.69) is 11.8 Å². The van der Waals surface area contributed by atoms with Gasteiger partial charge in [0.05, 0.1) is 5.60 Å². The molecule has 1 aromatic rings. The molecule has 0 radical (unpaired) electrons. The monoisotopic (exact) mass is 653 g/mol. The first-order valence-corrected chi connectivity index (χ1v) is 17.6. The van der Waals surface area contributed by atoms with Crippen LogP contribution in [0, 0.1) is 23.2 Å². The van der Waals surface area contributed by atoms with Gasteiger partial charge in [0.15, 0.2) is 0 Å². The van der Waals surface area contributed by atoms with Crippen molar-refractivity contribution in [3.63, 3.8) is 0 Å². The molecule has 2 N–H and O–H groups in total. The fourth-order valence-electron chi connectivity index (χ4n) is 8.55. The minimum atomic E-state index is -5.57. The van der Waals surface area contributed by atoms with Crippen LogP contribution in [0.4, 0.5) is 26.3 Å². The summed E-state index contributed by atoms with van der Waals surface area (Å²) in [5.74, 6) is -3.97. The fourth-order valence-corrected chi connectivity index (χ4v) is 9.68. The van der Waals surface area contributed by atoms with Gasteiger partial charge in [-0.25, -0.2) is 4.39 Å². The molecule has 0 aromatic heterocycles. The Balaban J connectivity index is 1.23. The largest absolute Gasteiger partial charge is 0.508 e. The average Bonchev–Trinajstić information content (AvgIpc) is 3.15. The summed E-state index contributed by atoms with van der Waals surface area (Å²) < 4.78 is 90.9. The molecular formula is C33H49F6NO3S. The molecular weight excluding hydrogens is 604 g/mol. The number of nitrogens with zero attached hydrogens (tertiary/aromatic N) is 1. The van der Waals surface area contributed by atoms with Crippen molar-refractivity contribution < 1.29 is 40.8 Å². The van der Waals surface area contributed by atoms with Crippen LogP contribution in [0.25, 0.3) is 0 Å². The van der Waals surface area contributed by atoms with Crippen molar-refractivity contribution in [3.05, 3.63) is 29.3 Å². The quantitative estimate of drug-likeness (QED) is 0.159. The van der Waals surface area contributed by atoms with Crippen molar-refractivity contribution in [1.82, 2.24) is 4.90 Å².